The minimum atomic E-state index is 0.208. The van der Waals surface area contributed by atoms with Crippen molar-refractivity contribution in [3.05, 3.63) is 35.9 Å². The Hall–Kier alpha value is -1.60. The molecule has 1 N–H and O–H groups in total. The van der Waals surface area contributed by atoms with Crippen LogP contribution in [0.3, 0.4) is 0 Å². The van der Waals surface area contributed by atoms with Crippen LogP contribution in [0.2, 0.25) is 0 Å². The minimum Gasteiger partial charge on any atom is -0.363 e. The zero-order valence-electron chi connectivity index (χ0n) is 13.8. The minimum absolute atomic E-state index is 0.208. The van der Waals surface area contributed by atoms with Crippen molar-refractivity contribution in [3.8, 4) is 0 Å². The van der Waals surface area contributed by atoms with Crippen LogP contribution in [0, 0.1) is 5.92 Å². The molecule has 0 radical (unpaired) electrons. The average molecular weight is 363 g/mol. The summed E-state index contributed by atoms with van der Waals surface area (Å²) in [6.07, 6.45) is 3.30. The van der Waals surface area contributed by atoms with Gasteiger partial charge in [-0.1, -0.05) is 53.4 Å². The summed E-state index contributed by atoms with van der Waals surface area (Å²) in [6, 6.07) is 10.6. The maximum absolute atomic E-state index is 12.4. The summed E-state index contributed by atoms with van der Waals surface area (Å²) in [5.74, 6) is 1.34. The molecular weight excluding hydrogens is 340 g/mol. The molecule has 0 saturated carbocycles. The second kappa shape index (κ2) is 8.48. The number of nitrogens with one attached hydrogen (secondary N) is 1. The van der Waals surface area contributed by atoms with E-state index in [0.717, 1.165) is 41.8 Å². The molecule has 0 aliphatic carbocycles. The Morgan fingerprint density at radius 3 is 2.71 bits per heavy atom. The summed E-state index contributed by atoms with van der Waals surface area (Å²) in [6.45, 7) is 1.74. The Bertz CT molecular complexity index is 654. The molecule has 1 aromatic carbocycles. The van der Waals surface area contributed by atoms with Crippen molar-refractivity contribution in [1.29, 1.82) is 0 Å². The van der Waals surface area contributed by atoms with E-state index < -0.39 is 0 Å². The van der Waals surface area contributed by atoms with Gasteiger partial charge in [0, 0.05) is 20.1 Å². The fourth-order valence-corrected chi connectivity index (χ4v) is 4.53. The van der Waals surface area contributed by atoms with Gasteiger partial charge in [0.05, 0.1) is 5.75 Å². The highest BCUT2D eigenvalue weighted by Gasteiger charge is 2.23. The number of anilines is 1. The van der Waals surface area contributed by atoms with Gasteiger partial charge in [-0.3, -0.25) is 4.79 Å². The number of aromatic nitrogens is 2. The predicted octanol–water partition coefficient (Wildman–Crippen LogP) is 3.15. The van der Waals surface area contributed by atoms with Crippen molar-refractivity contribution in [1.82, 2.24) is 15.1 Å². The van der Waals surface area contributed by atoms with E-state index in [9.17, 15) is 4.79 Å². The van der Waals surface area contributed by atoms with E-state index in [1.165, 1.54) is 28.7 Å². The highest BCUT2D eigenvalue weighted by atomic mass is 32.2. The van der Waals surface area contributed by atoms with Gasteiger partial charge in [-0.05, 0) is 30.7 Å². The standard InChI is InChI=1S/C17H22N4OS2/c1-18-16-19-20-17(24-16)23-12-15(22)21-9-7-14(8-10-21)11-13-5-3-2-4-6-13/h2-6,14H,7-12H2,1H3,(H,18,19). The Balaban J connectivity index is 1.41. The van der Waals surface area contributed by atoms with E-state index >= 15 is 0 Å². The molecule has 0 bridgehead atoms. The molecule has 1 aliphatic rings. The van der Waals surface area contributed by atoms with Gasteiger partial charge < -0.3 is 10.2 Å². The van der Waals surface area contributed by atoms with Crippen molar-refractivity contribution in [2.24, 2.45) is 5.92 Å². The molecule has 128 valence electrons. The largest absolute Gasteiger partial charge is 0.363 e. The van der Waals surface area contributed by atoms with Gasteiger partial charge in [-0.2, -0.15) is 0 Å². The van der Waals surface area contributed by atoms with Gasteiger partial charge in [0.2, 0.25) is 11.0 Å². The predicted molar refractivity (Wildman–Crippen MR) is 99.6 cm³/mol. The second-order valence-electron chi connectivity index (χ2n) is 5.93. The molecule has 24 heavy (non-hydrogen) atoms. The highest BCUT2D eigenvalue weighted by molar-refractivity contribution is 8.01. The molecule has 5 nitrogen and oxygen atoms in total. The molecule has 0 spiro atoms. The first-order valence-electron chi connectivity index (χ1n) is 8.20. The summed E-state index contributed by atoms with van der Waals surface area (Å²) < 4.78 is 0.840. The Labute approximate surface area is 150 Å². The molecule has 0 atom stereocenters. The number of carbonyl (C=O) groups is 1. The van der Waals surface area contributed by atoms with E-state index in [1.807, 2.05) is 11.9 Å². The molecule has 0 unspecified atom stereocenters. The molecular formula is C17H22N4OS2. The van der Waals surface area contributed by atoms with Crippen LogP contribution in [0.5, 0.6) is 0 Å². The molecule has 2 heterocycles. The molecule has 7 heteroatoms. The van der Waals surface area contributed by atoms with Crippen molar-refractivity contribution in [2.45, 2.75) is 23.6 Å². The molecule has 1 saturated heterocycles. The maximum atomic E-state index is 12.4. The van der Waals surface area contributed by atoms with Crippen molar-refractivity contribution < 1.29 is 4.79 Å². The van der Waals surface area contributed by atoms with Crippen LogP contribution in [0.25, 0.3) is 0 Å². The highest BCUT2D eigenvalue weighted by Crippen LogP contribution is 2.26. The lowest BCUT2D eigenvalue weighted by molar-refractivity contribution is -0.129. The number of hydrogen-bond donors (Lipinski definition) is 1. The van der Waals surface area contributed by atoms with Crippen LogP contribution >= 0.6 is 23.1 Å². The van der Waals surface area contributed by atoms with Crippen LogP contribution in [-0.4, -0.2) is 46.9 Å². The number of likely N-dealkylation sites (tertiary alicyclic amines) is 1. The summed E-state index contributed by atoms with van der Waals surface area (Å²) in [4.78, 5) is 14.4. The Kier molecular flexibility index (Phi) is 6.09. The topological polar surface area (TPSA) is 58.1 Å². The number of carbonyl (C=O) groups excluding carboxylic acids is 1. The summed E-state index contributed by atoms with van der Waals surface area (Å²) in [5, 5.41) is 11.8. The van der Waals surface area contributed by atoms with E-state index in [2.05, 4.69) is 45.8 Å². The van der Waals surface area contributed by atoms with E-state index in [0.29, 0.717) is 11.7 Å². The number of amides is 1. The van der Waals surface area contributed by atoms with Crippen LogP contribution in [0.4, 0.5) is 5.13 Å². The molecule has 1 fully saturated rings. The number of benzene rings is 1. The molecule has 3 rings (SSSR count). The second-order valence-corrected chi connectivity index (χ2v) is 8.13. The lowest BCUT2D eigenvalue weighted by Gasteiger charge is -2.32. The maximum Gasteiger partial charge on any atom is 0.233 e. The van der Waals surface area contributed by atoms with Crippen LogP contribution in [0.1, 0.15) is 18.4 Å². The van der Waals surface area contributed by atoms with Gasteiger partial charge in [0.25, 0.3) is 0 Å². The van der Waals surface area contributed by atoms with Crippen molar-refractivity contribution in [2.75, 3.05) is 31.2 Å². The number of thioether (sulfide) groups is 1. The summed E-state index contributed by atoms with van der Waals surface area (Å²) >= 11 is 2.96. The Morgan fingerprint density at radius 2 is 2.04 bits per heavy atom. The third kappa shape index (κ3) is 4.70. The van der Waals surface area contributed by atoms with Gasteiger partial charge in [-0.15, -0.1) is 10.2 Å². The lowest BCUT2D eigenvalue weighted by atomic mass is 9.90. The van der Waals surface area contributed by atoms with Crippen molar-refractivity contribution in [3.63, 3.8) is 0 Å². The monoisotopic (exact) mass is 362 g/mol. The Morgan fingerprint density at radius 1 is 1.29 bits per heavy atom. The fraction of sp³-hybridized carbons (Fsp3) is 0.471. The van der Waals surface area contributed by atoms with E-state index in [4.69, 9.17) is 0 Å². The average Bonchev–Trinajstić information content (AvgIpc) is 3.09. The first-order chi connectivity index (χ1) is 11.7. The quantitative estimate of drug-likeness (QED) is 0.800. The number of nitrogens with zero attached hydrogens (tertiary/aromatic N) is 3. The van der Waals surface area contributed by atoms with Crippen LogP contribution in [0.15, 0.2) is 34.7 Å². The summed E-state index contributed by atoms with van der Waals surface area (Å²) in [5.41, 5.74) is 1.40. The van der Waals surface area contributed by atoms with Crippen LogP contribution < -0.4 is 5.32 Å². The fourth-order valence-electron chi connectivity index (χ4n) is 2.92. The SMILES string of the molecule is CNc1nnc(SCC(=O)N2CCC(Cc3ccccc3)CC2)s1. The lowest BCUT2D eigenvalue weighted by Crippen LogP contribution is -2.39. The van der Waals surface area contributed by atoms with Gasteiger partial charge in [0.1, 0.15) is 0 Å². The van der Waals surface area contributed by atoms with Crippen molar-refractivity contribution >= 4 is 34.1 Å². The smallest absolute Gasteiger partial charge is 0.233 e. The number of rotatable bonds is 6. The molecule has 1 amide bonds. The number of piperidine rings is 1. The zero-order valence-corrected chi connectivity index (χ0v) is 15.4. The third-order valence-corrected chi connectivity index (χ3v) is 6.33. The first-order valence-corrected chi connectivity index (χ1v) is 10.0. The zero-order chi connectivity index (χ0) is 16.8. The molecule has 1 aromatic heterocycles. The van der Waals surface area contributed by atoms with E-state index in [1.54, 1.807) is 0 Å². The van der Waals surface area contributed by atoms with Gasteiger partial charge >= 0.3 is 0 Å². The van der Waals surface area contributed by atoms with Gasteiger partial charge in [0.15, 0.2) is 4.34 Å². The molecule has 1 aliphatic heterocycles. The third-order valence-electron chi connectivity index (χ3n) is 4.27. The summed E-state index contributed by atoms with van der Waals surface area (Å²) in [7, 11) is 1.82. The molecule has 2 aromatic rings. The first kappa shape index (κ1) is 17.2. The van der Waals surface area contributed by atoms with Gasteiger partial charge in [-0.25, -0.2) is 0 Å². The number of hydrogen-bond acceptors (Lipinski definition) is 6. The van der Waals surface area contributed by atoms with E-state index in [-0.39, 0.29) is 5.91 Å². The normalized spacial score (nSPS) is 15.5. The van der Waals surface area contributed by atoms with Crippen LogP contribution in [-0.2, 0) is 11.2 Å².